The Balaban J connectivity index is 1.63. The van der Waals surface area contributed by atoms with Crippen LogP contribution in [0.25, 0.3) is 11.4 Å². The van der Waals surface area contributed by atoms with E-state index in [1.165, 1.54) is 24.2 Å². The van der Waals surface area contributed by atoms with E-state index in [4.69, 9.17) is 29.9 Å². The van der Waals surface area contributed by atoms with Crippen LogP contribution in [0.1, 0.15) is 46.4 Å². The maximum absolute atomic E-state index is 14.4. The number of carbonyl (C=O) groups is 2. The molecule has 3 N–H and O–H groups in total. The van der Waals surface area contributed by atoms with E-state index in [1.807, 2.05) is 5.32 Å². The first kappa shape index (κ1) is 28.0. The number of nitrogens with one attached hydrogen (secondary N) is 3. The Kier molecular flexibility index (Phi) is 8.68. The van der Waals surface area contributed by atoms with Gasteiger partial charge in [-0.25, -0.2) is 19.2 Å². The number of aryl methyl sites for hydroxylation is 1. The van der Waals surface area contributed by atoms with Gasteiger partial charge in [0.15, 0.2) is 11.6 Å². The van der Waals surface area contributed by atoms with Gasteiger partial charge in [-0.3, -0.25) is 14.8 Å². The van der Waals surface area contributed by atoms with Gasteiger partial charge in [0.1, 0.15) is 29.1 Å². The molecule has 2 heterocycles. The van der Waals surface area contributed by atoms with Crippen LogP contribution in [0.3, 0.4) is 0 Å². The number of methoxy groups -OCH3 is 1. The molecule has 0 atom stereocenters. The number of nitrogens with zero attached hydrogens (tertiary/aromatic N) is 5. The third-order valence-electron chi connectivity index (χ3n) is 5.70. The van der Waals surface area contributed by atoms with Gasteiger partial charge in [0.2, 0.25) is 5.28 Å². The monoisotopic (exact) mass is 629 g/mol. The van der Waals surface area contributed by atoms with E-state index in [9.17, 15) is 14.0 Å². The van der Waals surface area contributed by atoms with E-state index < -0.39 is 30.4 Å². The molecule has 0 aliphatic rings. The van der Waals surface area contributed by atoms with Gasteiger partial charge in [-0.15, -0.1) is 0 Å². The zero-order chi connectivity index (χ0) is 34.5. The summed E-state index contributed by atoms with van der Waals surface area (Å²) < 4.78 is 54.9. The number of amides is 2. The number of hydrogen-bond donors (Lipinski definition) is 3. The van der Waals surface area contributed by atoms with Crippen molar-refractivity contribution in [2.24, 2.45) is 7.05 Å². The van der Waals surface area contributed by atoms with Crippen molar-refractivity contribution in [1.29, 1.82) is 0 Å². The Morgan fingerprint density at radius 3 is 2.52 bits per heavy atom. The Morgan fingerprint density at radius 2 is 1.86 bits per heavy atom. The number of rotatable bonds is 10. The average Bonchev–Trinajstić information content (AvgIpc) is 3.36. The molecule has 0 saturated carbocycles. The lowest BCUT2D eigenvalue weighted by molar-refractivity contribution is 0.0635. The number of carbonyl (C=O) groups excluding carboxylic acids is 2. The normalized spacial score (nSPS) is 12.5. The second-order valence-corrected chi connectivity index (χ2v) is 10.8. The fraction of sp³-hybridized carbons (Fsp3) is 0.310. The largest absolute Gasteiger partial charge is 0.494 e. The van der Waals surface area contributed by atoms with Gasteiger partial charge in [0, 0.05) is 30.0 Å². The van der Waals surface area contributed by atoms with Crippen molar-refractivity contribution in [3.63, 3.8) is 0 Å². The van der Waals surface area contributed by atoms with Gasteiger partial charge in [0.05, 0.1) is 31.6 Å². The molecule has 0 aliphatic heterocycles. The van der Waals surface area contributed by atoms with Gasteiger partial charge < -0.3 is 24.8 Å². The van der Waals surface area contributed by atoms with Crippen molar-refractivity contribution in [1.82, 2.24) is 30.0 Å². The molecule has 0 aliphatic carbocycles. The number of halogens is 2. The Bertz CT molecular complexity index is 1780. The lowest BCUT2D eigenvalue weighted by Crippen LogP contribution is -2.27. The van der Waals surface area contributed by atoms with Crippen LogP contribution in [-0.4, -0.2) is 56.4 Å². The number of aromatic nitrogens is 5. The van der Waals surface area contributed by atoms with Gasteiger partial charge >= 0.3 is 6.09 Å². The van der Waals surface area contributed by atoms with Crippen molar-refractivity contribution in [2.75, 3.05) is 24.7 Å². The van der Waals surface area contributed by atoms with Crippen LogP contribution < -0.4 is 20.7 Å². The summed E-state index contributed by atoms with van der Waals surface area (Å²) in [5.41, 5.74) is 1.00. The molecule has 0 saturated heterocycles. The molecule has 232 valence electrons. The van der Waals surface area contributed by atoms with Crippen molar-refractivity contribution < 1.29 is 32.3 Å². The zero-order valence-electron chi connectivity index (χ0n) is 27.5. The Hall–Kier alpha value is -4.82. The lowest BCUT2D eigenvalue weighted by atomic mass is 10.1. The second kappa shape index (κ2) is 13.7. The molecule has 0 unspecified atom stereocenters. The van der Waals surface area contributed by atoms with E-state index >= 15 is 0 Å². The van der Waals surface area contributed by atoms with E-state index in [2.05, 4.69) is 30.7 Å². The van der Waals surface area contributed by atoms with Crippen LogP contribution in [-0.2, 0) is 29.7 Å². The predicted octanol–water partition coefficient (Wildman–Crippen LogP) is 5.24. The van der Waals surface area contributed by atoms with Crippen molar-refractivity contribution in [2.45, 2.75) is 39.6 Å². The van der Waals surface area contributed by atoms with Crippen molar-refractivity contribution >= 4 is 40.8 Å². The van der Waals surface area contributed by atoms with Crippen LogP contribution in [0.2, 0.25) is 5.28 Å². The number of ether oxygens (including phenoxy) is 3. The summed E-state index contributed by atoms with van der Waals surface area (Å²) in [6, 6.07) is 7.37. The third-order valence-corrected chi connectivity index (χ3v) is 5.89. The van der Waals surface area contributed by atoms with Gasteiger partial charge in [-0.1, -0.05) is 0 Å². The second-order valence-electron chi connectivity index (χ2n) is 10.4. The third kappa shape index (κ3) is 8.39. The summed E-state index contributed by atoms with van der Waals surface area (Å²) in [4.78, 5) is 37.2. The molecule has 4 rings (SSSR count). The van der Waals surface area contributed by atoms with E-state index in [1.54, 1.807) is 46.0 Å². The highest BCUT2D eigenvalue weighted by atomic mass is 35.5. The van der Waals surface area contributed by atoms with E-state index in [0.717, 1.165) is 12.3 Å². The lowest BCUT2D eigenvalue weighted by Gasteiger charge is -2.20. The highest BCUT2D eigenvalue weighted by molar-refractivity contribution is 6.28. The summed E-state index contributed by atoms with van der Waals surface area (Å²) in [5, 5.41) is 11.6. The number of benzene rings is 2. The minimum Gasteiger partial charge on any atom is -0.494 e. The molecule has 44 heavy (non-hydrogen) atoms. The molecule has 2 aromatic heterocycles. The maximum Gasteiger partial charge on any atom is 0.412 e. The molecule has 15 heteroatoms. The fourth-order valence-corrected chi connectivity index (χ4v) is 4.18. The number of hydrogen-bond acceptors (Lipinski definition) is 10. The predicted molar refractivity (Wildman–Crippen MR) is 161 cm³/mol. The minimum atomic E-state index is -2.77. The summed E-state index contributed by atoms with van der Waals surface area (Å²) in [6.45, 7) is 2.34. The first-order valence-corrected chi connectivity index (χ1v) is 13.4. The quantitative estimate of drug-likeness (QED) is 0.198. The molecular formula is C29H32ClFN8O5. The summed E-state index contributed by atoms with van der Waals surface area (Å²) in [7, 11) is 3.11. The standard InChI is InChI=1S/C29H32ClFN8O5/c1-29(2,3)44-28(41)35-19-8-16(7-18(31)11-19)13-43-14-17-9-20(24-34-15-39(5)38-24)23(42-6)22(10-17)36-25-21(26(40)32-4)12-33-27(30)37-25/h7-12,15H,13-14H2,1-6H3,(H,32,40)(H,35,41)(H,33,36,37)/i4D3. The Labute approximate surface area is 262 Å². The topological polar surface area (TPSA) is 154 Å². The van der Waals surface area contributed by atoms with Gasteiger partial charge in [-0.05, 0) is 73.8 Å². The first-order valence-electron chi connectivity index (χ1n) is 14.6. The molecule has 0 fully saturated rings. The summed E-state index contributed by atoms with van der Waals surface area (Å²) >= 11 is 6.02. The first-order chi connectivity index (χ1) is 22.0. The molecule has 13 nitrogen and oxygen atoms in total. The molecule has 0 bridgehead atoms. The summed E-state index contributed by atoms with van der Waals surface area (Å²) in [5.74, 6) is -1.09. The highest BCUT2D eigenvalue weighted by Crippen LogP contribution is 2.38. The van der Waals surface area contributed by atoms with Crippen molar-refractivity contribution in [3.8, 4) is 17.1 Å². The molecule has 4 aromatic rings. The maximum atomic E-state index is 14.4. The molecular weight excluding hydrogens is 595 g/mol. The molecule has 0 spiro atoms. The molecule has 2 amide bonds. The summed E-state index contributed by atoms with van der Waals surface area (Å²) in [6.07, 6.45) is 1.86. The average molecular weight is 630 g/mol. The van der Waals surface area contributed by atoms with Gasteiger partial charge in [0.25, 0.3) is 5.91 Å². The van der Waals surface area contributed by atoms with Crippen LogP contribution in [0.15, 0.2) is 42.9 Å². The van der Waals surface area contributed by atoms with Crippen molar-refractivity contribution in [3.05, 3.63) is 70.6 Å². The van der Waals surface area contributed by atoms with Crippen LogP contribution in [0.5, 0.6) is 5.75 Å². The highest BCUT2D eigenvalue weighted by Gasteiger charge is 2.21. The van der Waals surface area contributed by atoms with Crippen LogP contribution >= 0.6 is 11.6 Å². The minimum absolute atomic E-state index is 0.000765. The van der Waals surface area contributed by atoms with Crippen LogP contribution in [0, 0.1) is 5.82 Å². The number of anilines is 3. The van der Waals surface area contributed by atoms with Crippen LogP contribution in [0.4, 0.5) is 26.4 Å². The Morgan fingerprint density at radius 1 is 1.11 bits per heavy atom. The zero-order valence-corrected chi connectivity index (χ0v) is 25.2. The smallest absolute Gasteiger partial charge is 0.412 e. The molecule has 2 aromatic carbocycles. The fourth-order valence-electron chi connectivity index (χ4n) is 4.04. The van der Waals surface area contributed by atoms with Gasteiger partial charge in [-0.2, -0.15) is 10.1 Å². The molecule has 0 radical (unpaired) electrons. The SMILES string of the molecule is [2H]C([2H])([2H])NC(=O)c1cnc(Cl)nc1Nc1cc(COCc2cc(F)cc(NC(=O)OC(C)(C)C)c2)cc(-c2ncn(C)n2)c1OC. The van der Waals surface area contributed by atoms with E-state index in [-0.39, 0.29) is 47.0 Å². The van der Waals surface area contributed by atoms with E-state index in [0.29, 0.717) is 22.5 Å².